The molecule has 0 spiro atoms. The molecule has 1 fully saturated rings. The van der Waals surface area contributed by atoms with Crippen LogP contribution in [0, 0.1) is 11.3 Å². The topological polar surface area (TPSA) is 38.5 Å². The summed E-state index contributed by atoms with van der Waals surface area (Å²) in [5, 5.41) is 0. The molecule has 1 aliphatic heterocycles. The van der Waals surface area contributed by atoms with E-state index in [4.69, 9.17) is 10.5 Å². The van der Waals surface area contributed by atoms with Crippen LogP contribution in [0.5, 0.6) is 0 Å². The fourth-order valence-electron chi connectivity index (χ4n) is 3.40. The van der Waals surface area contributed by atoms with Gasteiger partial charge < -0.3 is 10.5 Å². The van der Waals surface area contributed by atoms with E-state index in [1.54, 1.807) is 7.11 Å². The number of ether oxygens (including phenoxy) is 1. The van der Waals surface area contributed by atoms with E-state index < -0.39 is 0 Å². The Kier molecular flexibility index (Phi) is 6.61. The molecule has 1 rings (SSSR count). The lowest BCUT2D eigenvalue weighted by Crippen LogP contribution is -2.51. The number of piperidine rings is 1. The molecule has 0 aliphatic carbocycles. The first kappa shape index (κ1) is 15.9. The number of rotatable bonds is 7. The normalized spacial score (nSPS) is 23.8. The molecule has 1 aliphatic rings. The lowest BCUT2D eigenvalue weighted by Gasteiger charge is -2.45. The minimum absolute atomic E-state index is 0.483. The summed E-state index contributed by atoms with van der Waals surface area (Å²) in [5.41, 5.74) is 6.57. The van der Waals surface area contributed by atoms with Gasteiger partial charge in [0.25, 0.3) is 0 Å². The van der Waals surface area contributed by atoms with Crippen molar-refractivity contribution in [2.45, 2.75) is 52.5 Å². The maximum atomic E-state index is 5.97. The summed E-state index contributed by atoms with van der Waals surface area (Å²) in [4.78, 5) is 2.59. The zero-order valence-electron chi connectivity index (χ0n) is 12.7. The highest BCUT2D eigenvalue weighted by Crippen LogP contribution is 2.38. The minimum atomic E-state index is 0.483. The van der Waals surface area contributed by atoms with Gasteiger partial charge in [0.15, 0.2) is 0 Å². The molecule has 0 saturated carbocycles. The quantitative estimate of drug-likeness (QED) is 0.760. The number of methoxy groups -OCH3 is 1. The van der Waals surface area contributed by atoms with Crippen LogP contribution in [0.4, 0.5) is 0 Å². The number of nitrogens with two attached hydrogens (primary N) is 1. The fourth-order valence-corrected chi connectivity index (χ4v) is 3.40. The Bertz CT molecular complexity index is 219. The van der Waals surface area contributed by atoms with Crippen LogP contribution in [-0.2, 0) is 4.74 Å². The summed E-state index contributed by atoms with van der Waals surface area (Å²) in [6, 6.07) is 0.483. The summed E-state index contributed by atoms with van der Waals surface area (Å²) < 4.78 is 5.28. The molecule has 2 N–H and O–H groups in total. The number of hydrogen-bond donors (Lipinski definition) is 1. The Morgan fingerprint density at radius 1 is 1.22 bits per heavy atom. The molecule has 18 heavy (non-hydrogen) atoms. The van der Waals surface area contributed by atoms with Gasteiger partial charge in [-0.1, -0.05) is 33.6 Å². The highest BCUT2D eigenvalue weighted by molar-refractivity contribution is 4.88. The summed E-state index contributed by atoms with van der Waals surface area (Å²) in [5.74, 6) is 0.524. The maximum Gasteiger partial charge on any atom is 0.0503 e. The third kappa shape index (κ3) is 3.69. The zero-order chi connectivity index (χ0) is 13.6. The van der Waals surface area contributed by atoms with Crippen molar-refractivity contribution < 1.29 is 4.74 Å². The molecule has 3 nitrogen and oxygen atoms in total. The second-order valence-electron chi connectivity index (χ2n) is 5.98. The van der Waals surface area contributed by atoms with E-state index in [1.165, 1.54) is 38.8 Å². The van der Waals surface area contributed by atoms with Gasteiger partial charge in [0.2, 0.25) is 0 Å². The zero-order valence-corrected chi connectivity index (χ0v) is 12.7. The van der Waals surface area contributed by atoms with Crippen molar-refractivity contribution in [1.29, 1.82) is 0 Å². The molecule has 108 valence electrons. The molecule has 0 aromatic carbocycles. The predicted molar refractivity (Wildman–Crippen MR) is 77.7 cm³/mol. The number of nitrogens with zero attached hydrogens (tertiary/aromatic N) is 1. The highest BCUT2D eigenvalue weighted by atomic mass is 16.5. The lowest BCUT2D eigenvalue weighted by atomic mass is 9.73. The van der Waals surface area contributed by atoms with Crippen LogP contribution in [0.1, 0.15) is 46.5 Å². The van der Waals surface area contributed by atoms with Gasteiger partial charge in [-0.15, -0.1) is 0 Å². The first-order valence-electron chi connectivity index (χ1n) is 7.55. The van der Waals surface area contributed by atoms with Gasteiger partial charge in [-0.05, 0) is 37.3 Å². The van der Waals surface area contributed by atoms with E-state index >= 15 is 0 Å². The standard InChI is InChI=1S/C15H32N2O/c1-5-15(6-2)7-9-17(10-8-15)14(11-16)13(3)12-18-4/h13-14H,5-12,16H2,1-4H3. The summed E-state index contributed by atoms with van der Waals surface area (Å²) in [7, 11) is 1.78. The average Bonchev–Trinajstić information content (AvgIpc) is 2.41. The molecule has 0 bridgehead atoms. The third-order valence-electron chi connectivity index (χ3n) is 5.16. The van der Waals surface area contributed by atoms with Gasteiger partial charge in [0.1, 0.15) is 0 Å². The van der Waals surface area contributed by atoms with Crippen LogP contribution >= 0.6 is 0 Å². The first-order chi connectivity index (χ1) is 8.62. The fraction of sp³-hybridized carbons (Fsp3) is 1.00. The molecule has 2 unspecified atom stereocenters. The van der Waals surface area contributed by atoms with Crippen molar-refractivity contribution >= 4 is 0 Å². The molecular formula is C15H32N2O. The van der Waals surface area contributed by atoms with Crippen LogP contribution in [0.3, 0.4) is 0 Å². The molecule has 0 aromatic heterocycles. The van der Waals surface area contributed by atoms with Crippen LogP contribution in [-0.4, -0.2) is 44.3 Å². The van der Waals surface area contributed by atoms with Gasteiger partial charge in [-0.3, -0.25) is 4.90 Å². The van der Waals surface area contributed by atoms with Crippen LogP contribution in [0.15, 0.2) is 0 Å². The average molecular weight is 256 g/mol. The highest BCUT2D eigenvalue weighted by Gasteiger charge is 2.34. The van der Waals surface area contributed by atoms with Crippen molar-refractivity contribution in [2.75, 3.05) is 33.4 Å². The van der Waals surface area contributed by atoms with E-state index in [0.717, 1.165) is 13.2 Å². The van der Waals surface area contributed by atoms with Crippen LogP contribution < -0.4 is 5.73 Å². The SMILES string of the molecule is CCC1(CC)CCN(C(CN)C(C)COC)CC1. The Balaban J connectivity index is 2.54. The molecule has 0 aromatic rings. The third-order valence-corrected chi connectivity index (χ3v) is 5.16. The van der Waals surface area contributed by atoms with Gasteiger partial charge in [0, 0.05) is 19.7 Å². The van der Waals surface area contributed by atoms with Gasteiger partial charge in [0.05, 0.1) is 6.61 Å². The molecule has 0 amide bonds. The van der Waals surface area contributed by atoms with Crippen LogP contribution in [0.2, 0.25) is 0 Å². The number of likely N-dealkylation sites (tertiary alicyclic amines) is 1. The Morgan fingerprint density at radius 2 is 1.78 bits per heavy atom. The van der Waals surface area contributed by atoms with Gasteiger partial charge in [-0.25, -0.2) is 0 Å². The van der Waals surface area contributed by atoms with E-state index in [1.807, 2.05) is 0 Å². The van der Waals surface area contributed by atoms with Crippen molar-refractivity contribution in [3.63, 3.8) is 0 Å². The largest absolute Gasteiger partial charge is 0.384 e. The Labute approximate surface area is 113 Å². The van der Waals surface area contributed by atoms with Crippen molar-refractivity contribution in [2.24, 2.45) is 17.1 Å². The molecule has 2 atom stereocenters. The Morgan fingerprint density at radius 3 is 2.17 bits per heavy atom. The maximum absolute atomic E-state index is 5.97. The summed E-state index contributed by atoms with van der Waals surface area (Å²) >= 11 is 0. The second-order valence-corrected chi connectivity index (χ2v) is 5.98. The second kappa shape index (κ2) is 7.46. The molecule has 3 heteroatoms. The predicted octanol–water partition coefficient (Wildman–Crippen LogP) is 2.50. The summed E-state index contributed by atoms with van der Waals surface area (Å²) in [6.07, 6.45) is 5.29. The van der Waals surface area contributed by atoms with E-state index in [-0.39, 0.29) is 0 Å². The first-order valence-corrected chi connectivity index (χ1v) is 7.55. The van der Waals surface area contributed by atoms with Crippen molar-refractivity contribution in [1.82, 2.24) is 4.90 Å². The van der Waals surface area contributed by atoms with Crippen molar-refractivity contribution in [3.05, 3.63) is 0 Å². The Hall–Kier alpha value is -0.120. The van der Waals surface area contributed by atoms with Crippen LogP contribution in [0.25, 0.3) is 0 Å². The molecular weight excluding hydrogens is 224 g/mol. The van der Waals surface area contributed by atoms with E-state index in [0.29, 0.717) is 17.4 Å². The molecule has 0 radical (unpaired) electrons. The smallest absolute Gasteiger partial charge is 0.0503 e. The van der Waals surface area contributed by atoms with E-state index in [2.05, 4.69) is 25.7 Å². The molecule has 1 saturated heterocycles. The van der Waals surface area contributed by atoms with Gasteiger partial charge >= 0.3 is 0 Å². The minimum Gasteiger partial charge on any atom is -0.384 e. The lowest BCUT2D eigenvalue weighted by molar-refractivity contribution is 0.0312. The van der Waals surface area contributed by atoms with Gasteiger partial charge in [-0.2, -0.15) is 0 Å². The number of hydrogen-bond acceptors (Lipinski definition) is 3. The molecule has 1 heterocycles. The monoisotopic (exact) mass is 256 g/mol. The van der Waals surface area contributed by atoms with Crippen molar-refractivity contribution in [3.8, 4) is 0 Å². The summed E-state index contributed by atoms with van der Waals surface area (Å²) in [6.45, 7) is 10.9. The van der Waals surface area contributed by atoms with E-state index in [9.17, 15) is 0 Å².